The number of nitrogens with zero attached hydrogens (tertiary/aromatic N) is 4. The van der Waals surface area contributed by atoms with Gasteiger partial charge in [-0.3, -0.25) is 13.9 Å². The lowest BCUT2D eigenvalue weighted by atomic mass is 10.1. The highest BCUT2D eigenvalue weighted by Gasteiger charge is 2.14. The van der Waals surface area contributed by atoms with Gasteiger partial charge in [-0.05, 0) is 35.1 Å². The number of aromatic nitrogens is 4. The lowest BCUT2D eigenvalue weighted by Crippen LogP contribution is -2.39. The Hall–Kier alpha value is -2.80. The lowest BCUT2D eigenvalue weighted by molar-refractivity contribution is 0.594. The van der Waals surface area contributed by atoms with Crippen molar-refractivity contribution in [3.63, 3.8) is 0 Å². The van der Waals surface area contributed by atoms with Crippen LogP contribution in [0.4, 0.5) is 0 Å². The second-order valence-corrected chi connectivity index (χ2v) is 7.71. The van der Waals surface area contributed by atoms with Crippen LogP contribution in [0.5, 0.6) is 0 Å². The molecule has 0 radical (unpaired) electrons. The van der Waals surface area contributed by atoms with Crippen molar-refractivity contribution in [2.24, 2.45) is 14.1 Å². The molecule has 138 valence electrons. The third kappa shape index (κ3) is 3.19. The van der Waals surface area contributed by atoms with Gasteiger partial charge in [0.05, 0.1) is 6.33 Å². The quantitative estimate of drug-likeness (QED) is 0.395. The molecule has 0 unspecified atom stereocenters. The van der Waals surface area contributed by atoms with Crippen LogP contribution in [0.25, 0.3) is 21.9 Å². The molecular weight excluding hydrogens is 360 g/mol. The van der Waals surface area contributed by atoms with E-state index in [-0.39, 0.29) is 11.2 Å². The van der Waals surface area contributed by atoms with Gasteiger partial charge in [-0.2, -0.15) is 0 Å². The molecule has 6 nitrogen and oxygen atoms in total. The summed E-state index contributed by atoms with van der Waals surface area (Å²) in [6, 6.07) is 14.7. The summed E-state index contributed by atoms with van der Waals surface area (Å²) in [6.07, 6.45) is 2.29. The second kappa shape index (κ2) is 7.08. The van der Waals surface area contributed by atoms with Crippen molar-refractivity contribution >= 4 is 33.7 Å². The third-order valence-corrected chi connectivity index (χ3v) is 5.80. The van der Waals surface area contributed by atoms with Gasteiger partial charge in [0, 0.05) is 25.5 Å². The summed E-state index contributed by atoms with van der Waals surface area (Å²) < 4.78 is 4.41. The average Bonchev–Trinajstić information content (AvgIpc) is 3.07. The molecule has 2 heterocycles. The molecule has 7 heteroatoms. The summed E-state index contributed by atoms with van der Waals surface area (Å²) in [4.78, 5) is 30.5. The Kier molecular flexibility index (Phi) is 4.61. The summed E-state index contributed by atoms with van der Waals surface area (Å²) in [5.41, 5.74) is 0.291. The Morgan fingerprint density at radius 2 is 1.81 bits per heavy atom. The van der Waals surface area contributed by atoms with Gasteiger partial charge < -0.3 is 4.57 Å². The van der Waals surface area contributed by atoms with Crippen LogP contribution in [0.2, 0.25) is 0 Å². The van der Waals surface area contributed by atoms with Crippen LogP contribution in [0, 0.1) is 0 Å². The van der Waals surface area contributed by atoms with Crippen LogP contribution in [0.3, 0.4) is 0 Å². The SMILES string of the molecule is Cn1cnc2c1c(=O)n(CCCSc1ccc3ccccc3c1)c(=O)n2C. The topological polar surface area (TPSA) is 61.8 Å². The zero-order valence-electron chi connectivity index (χ0n) is 15.3. The van der Waals surface area contributed by atoms with Crippen LogP contribution in [-0.4, -0.2) is 24.4 Å². The van der Waals surface area contributed by atoms with Crippen LogP contribution < -0.4 is 11.2 Å². The van der Waals surface area contributed by atoms with E-state index in [1.54, 1.807) is 36.8 Å². The molecule has 4 rings (SSSR count). The molecule has 4 aromatic rings. The van der Waals surface area contributed by atoms with E-state index in [0.29, 0.717) is 17.7 Å². The number of rotatable bonds is 5. The minimum atomic E-state index is -0.318. The highest BCUT2D eigenvalue weighted by molar-refractivity contribution is 7.99. The first-order valence-electron chi connectivity index (χ1n) is 8.79. The van der Waals surface area contributed by atoms with E-state index in [4.69, 9.17) is 0 Å². The minimum Gasteiger partial charge on any atom is -0.328 e. The van der Waals surface area contributed by atoms with Gasteiger partial charge in [0.1, 0.15) is 0 Å². The number of imidazole rings is 1. The monoisotopic (exact) mass is 380 g/mol. The molecular formula is C20H20N4O2S. The Morgan fingerprint density at radius 3 is 2.63 bits per heavy atom. The van der Waals surface area contributed by atoms with Crippen LogP contribution in [0.1, 0.15) is 6.42 Å². The molecule has 27 heavy (non-hydrogen) atoms. The summed E-state index contributed by atoms with van der Waals surface area (Å²) in [5.74, 6) is 0.831. The molecule has 0 aliphatic carbocycles. The van der Waals surface area contributed by atoms with E-state index < -0.39 is 0 Å². The number of hydrogen-bond acceptors (Lipinski definition) is 4. The maximum Gasteiger partial charge on any atom is 0.332 e. The van der Waals surface area contributed by atoms with Crippen molar-refractivity contribution in [3.8, 4) is 0 Å². The second-order valence-electron chi connectivity index (χ2n) is 6.54. The number of aryl methyl sites for hydroxylation is 2. The first-order chi connectivity index (χ1) is 13.1. The largest absolute Gasteiger partial charge is 0.332 e. The molecule has 0 aliphatic rings. The van der Waals surface area contributed by atoms with E-state index in [9.17, 15) is 9.59 Å². The normalized spacial score (nSPS) is 11.5. The Labute approximate surface area is 160 Å². The van der Waals surface area contributed by atoms with E-state index in [1.807, 2.05) is 12.1 Å². The Bertz CT molecular complexity index is 1250. The van der Waals surface area contributed by atoms with Crippen LogP contribution in [-0.2, 0) is 20.6 Å². The van der Waals surface area contributed by atoms with E-state index in [1.165, 1.54) is 24.8 Å². The van der Waals surface area contributed by atoms with Crippen molar-refractivity contribution in [2.45, 2.75) is 17.9 Å². The molecule has 0 saturated carbocycles. The van der Waals surface area contributed by atoms with E-state index in [0.717, 1.165) is 12.2 Å². The molecule has 0 atom stereocenters. The molecule has 0 amide bonds. The molecule has 2 aromatic heterocycles. The van der Waals surface area contributed by atoms with Gasteiger partial charge in [0.25, 0.3) is 5.56 Å². The summed E-state index contributed by atoms with van der Waals surface area (Å²) >= 11 is 1.74. The smallest absolute Gasteiger partial charge is 0.328 e. The highest BCUT2D eigenvalue weighted by Crippen LogP contribution is 2.24. The molecule has 0 aliphatic heterocycles. The number of benzene rings is 2. The molecule has 0 saturated heterocycles. The first kappa shape index (κ1) is 17.6. The number of fused-ring (bicyclic) bond motifs is 2. The number of hydrogen-bond donors (Lipinski definition) is 0. The average molecular weight is 380 g/mol. The lowest BCUT2D eigenvalue weighted by Gasteiger charge is -2.09. The van der Waals surface area contributed by atoms with Crippen molar-refractivity contribution in [2.75, 3.05) is 5.75 Å². The van der Waals surface area contributed by atoms with E-state index >= 15 is 0 Å². The molecule has 0 spiro atoms. The highest BCUT2D eigenvalue weighted by atomic mass is 32.2. The predicted octanol–water partition coefficient (Wildman–Crippen LogP) is 2.77. The zero-order valence-corrected chi connectivity index (χ0v) is 16.1. The molecule has 0 N–H and O–H groups in total. The van der Waals surface area contributed by atoms with Gasteiger partial charge in [0.2, 0.25) is 0 Å². The van der Waals surface area contributed by atoms with Gasteiger partial charge in [0.15, 0.2) is 11.2 Å². The standard InChI is InChI=1S/C20H20N4O2S/c1-22-13-21-18-17(22)19(25)24(20(26)23(18)2)10-5-11-27-16-9-8-14-6-3-4-7-15(14)12-16/h3-4,6-9,12-13H,5,10-11H2,1-2H3. The molecule has 2 aromatic carbocycles. The van der Waals surface area contributed by atoms with Gasteiger partial charge in [-0.25, -0.2) is 9.78 Å². The third-order valence-electron chi connectivity index (χ3n) is 4.72. The Balaban J connectivity index is 1.49. The van der Waals surface area contributed by atoms with Gasteiger partial charge in [-0.15, -0.1) is 11.8 Å². The molecule has 0 bridgehead atoms. The van der Waals surface area contributed by atoms with Gasteiger partial charge >= 0.3 is 5.69 Å². The maximum atomic E-state index is 12.7. The zero-order chi connectivity index (χ0) is 19.0. The minimum absolute atomic E-state index is 0.274. The molecule has 0 fully saturated rings. The fourth-order valence-corrected chi connectivity index (χ4v) is 4.15. The first-order valence-corrected chi connectivity index (χ1v) is 9.77. The number of thioether (sulfide) groups is 1. The Morgan fingerprint density at radius 1 is 1.04 bits per heavy atom. The summed E-state index contributed by atoms with van der Waals surface area (Å²) in [5, 5.41) is 2.44. The van der Waals surface area contributed by atoms with Crippen molar-refractivity contribution < 1.29 is 0 Å². The summed E-state index contributed by atoms with van der Waals surface area (Å²) in [6.45, 7) is 0.396. The van der Waals surface area contributed by atoms with Crippen LogP contribution >= 0.6 is 11.8 Å². The fourth-order valence-electron chi connectivity index (χ4n) is 3.26. The fraction of sp³-hybridized carbons (Fsp3) is 0.250. The maximum absolute atomic E-state index is 12.7. The van der Waals surface area contributed by atoms with E-state index in [2.05, 4.69) is 35.3 Å². The predicted molar refractivity (Wildman–Crippen MR) is 110 cm³/mol. The van der Waals surface area contributed by atoms with Crippen LogP contribution in [0.15, 0.2) is 63.3 Å². The van der Waals surface area contributed by atoms with Crippen molar-refractivity contribution in [1.29, 1.82) is 0 Å². The van der Waals surface area contributed by atoms with Gasteiger partial charge in [-0.1, -0.05) is 30.3 Å². The van der Waals surface area contributed by atoms with Crippen molar-refractivity contribution in [1.82, 2.24) is 18.7 Å². The summed E-state index contributed by atoms with van der Waals surface area (Å²) in [7, 11) is 3.42. The van der Waals surface area contributed by atoms with Crippen molar-refractivity contribution in [3.05, 3.63) is 69.6 Å².